The highest BCUT2D eigenvalue weighted by Gasteiger charge is 2.35. The number of carbonyl (C=O) groups is 1. The van der Waals surface area contributed by atoms with Gasteiger partial charge in [0.2, 0.25) is 5.91 Å². The molecule has 2 aliphatic heterocycles. The van der Waals surface area contributed by atoms with Crippen molar-refractivity contribution in [3.8, 4) is 17.0 Å². The van der Waals surface area contributed by atoms with Crippen LogP contribution in [0.1, 0.15) is 31.2 Å². The molecule has 2 aromatic rings. The number of piperidine rings is 1. The Morgan fingerprint density at radius 3 is 2.59 bits per heavy atom. The average molecular weight is 393 g/mol. The van der Waals surface area contributed by atoms with Crippen LogP contribution in [0, 0.1) is 0 Å². The molecule has 7 nitrogen and oxygen atoms in total. The summed E-state index contributed by atoms with van der Waals surface area (Å²) in [4.78, 5) is 13.5. The summed E-state index contributed by atoms with van der Waals surface area (Å²) >= 11 is 0. The first-order chi connectivity index (χ1) is 14.0. The molecule has 7 heteroatoms. The van der Waals surface area contributed by atoms with Crippen molar-refractivity contribution in [3.63, 3.8) is 0 Å². The van der Waals surface area contributed by atoms with Gasteiger partial charge in [0.1, 0.15) is 5.75 Å². The summed E-state index contributed by atoms with van der Waals surface area (Å²) in [5, 5.41) is 25.3. The van der Waals surface area contributed by atoms with E-state index in [9.17, 15) is 9.90 Å². The van der Waals surface area contributed by atoms with Gasteiger partial charge >= 0.3 is 0 Å². The van der Waals surface area contributed by atoms with E-state index in [1.807, 2.05) is 18.2 Å². The van der Waals surface area contributed by atoms with E-state index in [-0.39, 0.29) is 11.7 Å². The van der Waals surface area contributed by atoms with Crippen LogP contribution < -0.4 is 15.5 Å². The molecule has 1 amide bonds. The molecule has 152 valence electrons. The number of hydrogen-bond acceptors (Lipinski definition) is 6. The van der Waals surface area contributed by atoms with Gasteiger partial charge in [-0.2, -0.15) is 0 Å². The maximum absolute atomic E-state index is 11.3. The number of fused-ring (bicyclic) bond motifs is 2. The normalized spacial score (nSPS) is 23.3. The maximum Gasteiger partial charge on any atom is 0.243 e. The summed E-state index contributed by atoms with van der Waals surface area (Å²) in [6, 6.07) is 10.8. The van der Waals surface area contributed by atoms with Crippen molar-refractivity contribution in [2.45, 2.75) is 43.8 Å². The summed E-state index contributed by atoms with van der Waals surface area (Å²) in [6.45, 7) is 0. The number of phenolic OH excluding ortho intramolecular Hbond substituents is 1. The van der Waals surface area contributed by atoms with Crippen molar-refractivity contribution < 1.29 is 9.90 Å². The van der Waals surface area contributed by atoms with Crippen LogP contribution in [0.5, 0.6) is 5.75 Å². The van der Waals surface area contributed by atoms with E-state index < -0.39 is 0 Å². The Morgan fingerprint density at radius 1 is 1.21 bits per heavy atom. The highest BCUT2D eigenvalue weighted by Crippen LogP contribution is 2.32. The van der Waals surface area contributed by atoms with Crippen molar-refractivity contribution in [1.29, 1.82) is 0 Å². The van der Waals surface area contributed by atoms with Crippen molar-refractivity contribution >= 4 is 17.8 Å². The van der Waals surface area contributed by atoms with E-state index >= 15 is 0 Å². The Hall–Kier alpha value is -2.93. The van der Waals surface area contributed by atoms with Gasteiger partial charge in [-0.3, -0.25) is 4.79 Å². The number of aromatic nitrogens is 2. The van der Waals surface area contributed by atoms with Crippen LogP contribution >= 0.6 is 0 Å². The SMILES string of the molecule is CNC(=O)/C=C/c1ccc(-c2ccc(N(C)C3CC4CC[C@@H](C3)N4)nn2)c(O)c1. The lowest BCUT2D eigenvalue weighted by atomic mass is 9.98. The molecule has 1 aromatic carbocycles. The van der Waals surface area contributed by atoms with Gasteiger partial charge in [0.05, 0.1) is 5.69 Å². The second-order valence-corrected chi connectivity index (χ2v) is 7.87. The van der Waals surface area contributed by atoms with E-state index in [1.165, 1.54) is 18.9 Å². The predicted octanol–water partition coefficient (Wildman–Crippen LogP) is 2.33. The van der Waals surface area contributed by atoms with E-state index in [2.05, 4.69) is 32.8 Å². The molecule has 2 aliphatic rings. The zero-order valence-corrected chi connectivity index (χ0v) is 16.8. The largest absolute Gasteiger partial charge is 0.507 e. The Labute approximate surface area is 170 Å². The number of hydrogen-bond donors (Lipinski definition) is 3. The first-order valence-corrected chi connectivity index (χ1v) is 10.1. The van der Waals surface area contributed by atoms with E-state index in [0.29, 0.717) is 29.4 Å². The smallest absolute Gasteiger partial charge is 0.243 e. The lowest BCUT2D eigenvalue weighted by molar-refractivity contribution is -0.115. The minimum atomic E-state index is -0.194. The Kier molecular flexibility index (Phi) is 5.49. The van der Waals surface area contributed by atoms with Gasteiger partial charge in [-0.15, -0.1) is 10.2 Å². The van der Waals surface area contributed by atoms with Gasteiger partial charge in [-0.1, -0.05) is 6.07 Å². The maximum atomic E-state index is 11.3. The molecule has 1 aromatic heterocycles. The molecule has 2 bridgehead atoms. The first kappa shape index (κ1) is 19.4. The number of amides is 1. The van der Waals surface area contributed by atoms with Gasteiger partial charge in [0.15, 0.2) is 5.82 Å². The quantitative estimate of drug-likeness (QED) is 0.676. The monoisotopic (exact) mass is 393 g/mol. The van der Waals surface area contributed by atoms with E-state index in [4.69, 9.17) is 0 Å². The predicted molar refractivity (Wildman–Crippen MR) is 114 cm³/mol. The van der Waals surface area contributed by atoms with Gasteiger partial charge in [0.25, 0.3) is 0 Å². The van der Waals surface area contributed by atoms with Crippen LogP contribution in [0.4, 0.5) is 5.82 Å². The summed E-state index contributed by atoms with van der Waals surface area (Å²) in [7, 11) is 3.66. The minimum absolute atomic E-state index is 0.106. The van der Waals surface area contributed by atoms with E-state index in [1.54, 1.807) is 25.3 Å². The number of phenols is 1. The molecule has 2 saturated heterocycles. The number of rotatable bonds is 5. The molecule has 29 heavy (non-hydrogen) atoms. The topological polar surface area (TPSA) is 90.4 Å². The van der Waals surface area contributed by atoms with E-state index in [0.717, 1.165) is 24.2 Å². The van der Waals surface area contributed by atoms with Gasteiger partial charge in [-0.25, -0.2) is 0 Å². The number of nitrogens with one attached hydrogen (secondary N) is 2. The van der Waals surface area contributed by atoms with Crippen molar-refractivity contribution in [2.24, 2.45) is 0 Å². The number of nitrogens with zero attached hydrogens (tertiary/aromatic N) is 3. The second kappa shape index (κ2) is 8.21. The molecule has 0 aliphatic carbocycles. The molecule has 0 spiro atoms. The molecule has 3 atom stereocenters. The van der Waals surface area contributed by atoms with Gasteiger partial charge in [-0.05, 0) is 61.6 Å². The molecular formula is C22H27N5O2. The standard InChI is InChI=1S/C22H27N5O2/c1-23-22(29)10-4-14-3-7-18(20(28)11-14)19-8-9-21(26-25-19)27(2)17-12-15-5-6-16(13-17)24-15/h3-4,7-11,15-17,24,28H,5-6,12-13H2,1-2H3,(H,23,29)/b10-4+/t15-,16?,17?/m0/s1. The van der Waals surface area contributed by atoms with Crippen LogP contribution in [0.2, 0.25) is 0 Å². The number of aromatic hydroxyl groups is 1. The third kappa shape index (κ3) is 4.24. The fourth-order valence-corrected chi connectivity index (χ4v) is 4.31. The van der Waals surface area contributed by atoms with Crippen LogP contribution in [0.3, 0.4) is 0 Å². The zero-order valence-electron chi connectivity index (χ0n) is 16.8. The third-order valence-electron chi connectivity index (χ3n) is 5.98. The number of likely N-dealkylation sites (N-methyl/N-ethyl adjacent to an activating group) is 1. The lowest BCUT2D eigenvalue weighted by Crippen LogP contribution is -2.47. The summed E-state index contributed by atoms with van der Waals surface area (Å²) in [5.41, 5.74) is 1.97. The molecular weight excluding hydrogens is 366 g/mol. The molecule has 0 saturated carbocycles. The van der Waals surface area contributed by atoms with Crippen LogP contribution in [0.25, 0.3) is 17.3 Å². The molecule has 0 radical (unpaired) electrons. The summed E-state index contributed by atoms with van der Waals surface area (Å²) in [6.07, 6.45) is 7.90. The number of anilines is 1. The molecule has 4 rings (SSSR count). The molecule has 3 heterocycles. The van der Waals surface area contributed by atoms with Crippen LogP contribution in [0.15, 0.2) is 36.4 Å². The molecule has 3 N–H and O–H groups in total. The Morgan fingerprint density at radius 2 is 1.97 bits per heavy atom. The summed E-state index contributed by atoms with van der Waals surface area (Å²) in [5.74, 6) is 0.764. The Bertz CT molecular complexity index is 900. The highest BCUT2D eigenvalue weighted by atomic mass is 16.3. The van der Waals surface area contributed by atoms with Crippen molar-refractivity contribution in [3.05, 3.63) is 42.0 Å². The second-order valence-electron chi connectivity index (χ2n) is 7.87. The van der Waals surface area contributed by atoms with Crippen LogP contribution in [-0.4, -0.2) is 53.4 Å². The number of benzene rings is 1. The minimum Gasteiger partial charge on any atom is -0.507 e. The number of carbonyl (C=O) groups excluding carboxylic acids is 1. The van der Waals surface area contributed by atoms with Gasteiger partial charge < -0.3 is 20.6 Å². The Balaban J connectivity index is 1.47. The van der Waals surface area contributed by atoms with Gasteiger partial charge in [0, 0.05) is 43.9 Å². The lowest BCUT2D eigenvalue weighted by Gasteiger charge is -2.36. The first-order valence-electron chi connectivity index (χ1n) is 10.1. The molecule has 2 fully saturated rings. The summed E-state index contributed by atoms with van der Waals surface area (Å²) < 4.78 is 0. The van der Waals surface area contributed by atoms with Crippen molar-refractivity contribution in [1.82, 2.24) is 20.8 Å². The zero-order chi connectivity index (χ0) is 20.4. The molecule has 2 unspecified atom stereocenters. The highest BCUT2D eigenvalue weighted by molar-refractivity contribution is 5.91. The fraction of sp³-hybridized carbons (Fsp3) is 0.409. The third-order valence-corrected chi connectivity index (χ3v) is 5.98. The average Bonchev–Trinajstić information content (AvgIpc) is 3.09. The fourth-order valence-electron chi connectivity index (χ4n) is 4.31. The van der Waals surface area contributed by atoms with Crippen LogP contribution in [-0.2, 0) is 4.79 Å². The van der Waals surface area contributed by atoms with Crippen molar-refractivity contribution in [2.75, 3.05) is 19.0 Å².